The molecule has 0 aliphatic rings. The van der Waals surface area contributed by atoms with E-state index in [-0.39, 0.29) is 10.6 Å². The highest BCUT2D eigenvalue weighted by molar-refractivity contribution is 8.13. The molecule has 0 N–H and O–H groups in total. The van der Waals surface area contributed by atoms with Crippen molar-refractivity contribution in [1.29, 1.82) is 0 Å². The molecule has 0 saturated heterocycles. The van der Waals surface area contributed by atoms with Gasteiger partial charge in [0.15, 0.2) is 0 Å². The molecule has 0 aliphatic heterocycles. The molecule has 6 heteroatoms. The first-order valence-corrected chi connectivity index (χ1v) is 8.35. The minimum absolute atomic E-state index is 0.00496. The molecule has 2 aromatic rings. The molecular weight excluding hydrogens is 298 g/mol. The summed E-state index contributed by atoms with van der Waals surface area (Å²) in [6.07, 6.45) is 4.09. The van der Waals surface area contributed by atoms with Crippen LogP contribution in [0.15, 0.2) is 47.6 Å². The molecule has 0 fully saturated rings. The van der Waals surface area contributed by atoms with E-state index in [1.165, 1.54) is 6.07 Å². The molecule has 4 nitrogen and oxygen atoms in total. The molecule has 0 bridgehead atoms. The number of halogens is 1. The Morgan fingerprint density at radius 2 is 2.10 bits per heavy atom. The Morgan fingerprint density at radius 1 is 1.30 bits per heavy atom. The van der Waals surface area contributed by atoms with Crippen LogP contribution in [0.4, 0.5) is 0 Å². The normalized spacial score (nSPS) is 11.3. The number of aryl methyl sites for hydroxylation is 1. The van der Waals surface area contributed by atoms with Gasteiger partial charge in [0, 0.05) is 29.5 Å². The Hall–Kier alpha value is -1.59. The molecule has 1 heterocycles. The smallest absolute Gasteiger partial charge is 0.264 e. The summed E-state index contributed by atoms with van der Waals surface area (Å²) in [7, 11) is 1.60. The zero-order valence-electron chi connectivity index (χ0n) is 10.9. The molecule has 2 rings (SSSR count). The van der Waals surface area contributed by atoms with Crippen LogP contribution in [-0.4, -0.2) is 20.0 Å². The van der Waals surface area contributed by atoms with Gasteiger partial charge < -0.3 is 4.74 Å². The second kappa shape index (κ2) is 6.24. The lowest BCUT2D eigenvalue weighted by molar-refractivity contribution is 0.313. The van der Waals surface area contributed by atoms with Gasteiger partial charge in [-0.05, 0) is 36.2 Å². The summed E-state index contributed by atoms with van der Waals surface area (Å²) in [4.78, 5) is 4.01. The van der Waals surface area contributed by atoms with Gasteiger partial charge in [0.25, 0.3) is 9.05 Å². The second-order valence-electron chi connectivity index (χ2n) is 4.35. The van der Waals surface area contributed by atoms with Gasteiger partial charge in [-0.25, -0.2) is 8.42 Å². The molecular formula is C14H14ClNO3S. The van der Waals surface area contributed by atoms with Crippen molar-refractivity contribution in [2.75, 3.05) is 6.61 Å². The maximum Gasteiger partial charge on any atom is 0.264 e. The number of nitrogens with zero attached hydrogens (tertiary/aromatic N) is 1. The SMILES string of the molecule is Cc1ccc(OCCc2cccnc2)c(S(=O)(=O)Cl)c1. The molecule has 0 atom stereocenters. The van der Waals surface area contributed by atoms with Gasteiger partial charge in [-0.15, -0.1) is 0 Å². The molecule has 1 aromatic carbocycles. The molecule has 0 radical (unpaired) electrons. The lowest BCUT2D eigenvalue weighted by atomic mass is 10.2. The maximum atomic E-state index is 11.5. The Bertz CT molecular complexity index is 687. The number of aromatic nitrogens is 1. The van der Waals surface area contributed by atoms with E-state index >= 15 is 0 Å². The highest BCUT2D eigenvalue weighted by atomic mass is 35.7. The predicted molar refractivity (Wildman–Crippen MR) is 77.7 cm³/mol. The highest BCUT2D eigenvalue weighted by Gasteiger charge is 2.17. The van der Waals surface area contributed by atoms with E-state index in [0.29, 0.717) is 13.0 Å². The van der Waals surface area contributed by atoms with E-state index < -0.39 is 9.05 Å². The molecule has 0 amide bonds. The Balaban J connectivity index is 2.10. The zero-order chi connectivity index (χ0) is 14.6. The van der Waals surface area contributed by atoms with E-state index in [2.05, 4.69) is 4.98 Å². The first kappa shape index (κ1) is 14.8. The molecule has 20 heavy (non-hydrogen) atoms. The van der Waals surface area contributed by atoms with Crippen molar-refractivity contribution < 1.29 is 13.2 Å². The number of rotatable bonds is 5. The van der Waals surface area contributed by atoms with E-state index in [4.69, 9.17) is 15.4 Å². The summed E-state index contributed by atoms with van der Waals surface area (Å²) in [5, 5.41) is 0. The van der Waals surface area contributed by atoms with Gasteiger partial charge in [0.2, 0.25) is 0 Å². The first-order chi connectivity index (χ1) is 9.47. The topological polar surface area (TPSA) is 56.3 Å². The number of pyridine rings is 1. The number of ether oxygens (including phenoxy) is 1. The summed E-state index contributed by atoms with van der Waals surface area (Å²) in [5.74, 6) is 0.273. The number of hydrogen-bond acceptors (Lipinski definition) is 4. The van der Waals surface area contributed by atoms with E-state index in [0.717, 1.165) is 11.1 Å². The third-order valence-corrected chi connectivity index (χ3v) is 4.08. The lowest BCUT2D eigenvalue weighted by Crippen LogP contribution is -2.05. The summed E-state index contributed by atoms with van der Waals surface area (Å²) in [6, 6.07) is 8.68. The third kappa shape index (κ3) is 3.95. The van der Waals surface area contributed by atoms with E-state index in [1.807, 2.05) is 12.1 Å². The van der Waals surface area contributed by atoms with Crippen LogP contribution < -0.4 is 4.74 Å². The second-order valence-corrected chi connectivity index (χ2v) is 6.88. The number of benzene rings is 1. The summed E-state index contributed by atoms with van der Waals surface area (Å²) in [5.41, 5.74) is 1.83. The van der Waals surface area contributed by atoms with Crippen molar-refractivity contribution in [1.82, 2.24) is 4.98 Å². The molecule has 1 aromatic heterocycles. The highest BCUT2D eigenvalue weighted by Crippen LogP contribution is 2.28. The predicted octanol–water partition coefficient (Wildman–Crippen LogP) is 2.94. The molecule has 0 aliphatic carbocycles. The van der Waals surface area contributed by atoms with Crippen LogP contribution in [-0.2, 0) is 15.5 Å². The van der Waals surface area contributed by atoms with Crippen molar-refractivity contribution in [2.45, 2.75) is 18.2 Å². The van der Waals surface area contributed by atoms with Gasteiger partial charge in [0.1, 0.15) is 10.6 Å². The summed E-state index contributed by atoms with van der Waals surface area (Å²) in [6.45, 7) is 2.15. The van der Waals surface area contributed by atoms with Crippen LogP contribution in [0, 0.1) is 6.92 Å². The average molecular weight is 312 g/mol. The van der Waals surface area contributed by atoms with Gasteiger partial charge in [-0.3, -0.25) is 4.98 Å². The summed E-state index contributed by atoms with van der Waals surface area (Å²) < 4.78 is 28.6. The molecule has 0 saturated carbocycles. The lowest BCUT2D eigenvalue weighted by Gasteiger charge is -2.10. The number of hydrogen-bond donors (Lipinski definition) is 0. The van der Waals surface area contributed by atoms with Crippen molar-refractivity contribution >= 4 is 19.7 Å². The van der Waals surface area contributed by atoms with Gasteiger partial charge >= 0.3 is 0 Å². The molecule has 0 unspecified atom stereocenters. The van der Waals surface area contributed by atoms with Crippen LogP contribution in [0.3, 0.4) is 0 Å². The Labute approximate surface area is 122 Å². The van der Waals surface area contributed by atoms with E-state index in [9.17, 15) is 8.42 Å². The van der Waals surface area contributed by atoms with Crippen molar-refractivity contribution in [3.63, 3.8) is 0 Å². The fraction of sp³-hybridized carbons (Fsp3) is 0.214. The van der Waals surface area contributed by atoms with Crippen LogP contribution >= 0.6 is 10.7 Å². The quantitative estimate of drug-likeness (QED) is 0.797. The standard InChI is InChI=1S/C14H14ClNO3S/c1-11-4-5-13(14(9-11)20(15,17)18)19-8-6-12-3-2-7-16-10-12/h2-5,7,9-10H,6,8H2,1H3. The largest absolute Gasteiger partial charge is 0.492 e. The minimum atomic E-state index is -3.82. The van der Waals surface area contributed by atoms with Crippen LogP contribution in [0.1, 0.15) is 11.1 Å². The summed E-state index contributed by atoms with van der Waals surface area (Å²) >= 11 is 0. The minimum Gasteiger partial charge on any atom is -0.492 e. The third-order valence-electron chi connectivity index (χ3n) is 2.73. The monoisotopic (exact) mass is 311 g/mol. The average Bonchev–Trinajstić information content (AvgIpc) is 2.40. The van der Waals surface area contributed by atoms with Gasteiger partial charge in [-0.2, -0.15) is 0 Å². The van der Waals surface area contributed by atoms with Crippen LogP contribution in [0.5, 0.6) is 5.75 Å². The zero-order valence-corrected chi connectivity index (χ0v) is 12.5. The fourth-order valence-corrected chi connectivity index (χ4v) is 2.81. The van der Waals surface area contributed by atoms with E-state index in [1.54, 1.807) is 31.5 Å². The van der Waals surface area contributed by atoms with Crippen molar-refractivity contribution in [3.05, 3.63) is 53.9 Å². The Morgan fingerprint density at radius 3 is 2.75 bits per heavy atom. The van der Waals surface area contributed by atoms with Gasteiger partial charge in [0.05, 0.1) is 6.61 Å². The Kier molecular flexibility index (Phi) is 4.62. The van der Waals surface area contributed by atoms with Crippen molar-refractivity contribution in [3.8, 4) is 5.75 Å². The molecule has 0 spiro atoms. The first-order valence-electron chi connectivity index (χ1n) is 6.04. The van der Waals surface area contributed by atoms with Crippen molar-refractivity contribution in [2.24, 2.45) is 0 Å². The van der Waals surface area contributed by atoms with Crippen LogP contribution in [0.25, 0.3) is 0 Å². The fourth-order valence-electron chi connectivity index (χ4n) is 1.75. The van der Waals surface area contributed by atoms with Gasteiger partial charge in [-0.1, -0.05) is 12.1 Å². The molecule has 106 valence electrons. The maximum absolute atomic E-state index is 11.5. The van der Waals surface area contributed by atoms with Crippen LogP contribution in [0.2, 0.25) is 0 Å².